The summed E-state index contributed by atoms with van der Waals surface area (Å²) in [6.45, 7) is 10.2. The van der Waals surface area contributed by atoms with Gasteiger partial charge in [0, 0.05) is 12.6 Å². The Hall–Kier alpha value is -0.770. The fraction of sp³-hybridized carbons (Fsp3) is 0.588. The van der Waals surface area contributed by atoms with Gasteiger partial charge in [0.2, 0.25) is 0 Å². The molecule has 1 atom stereocenters. The molecule has 0 amide bonds. The van der Waals surface area contributed by atoms with Crippen molar-refractivity contribution in [1.82, 2.24) is 14.5 Å². The third kappa shape index (κ3) is 3.42. The summed E-state index contributed by atoms with van der Waals surface area (Å²) < 4.78 is 2.43. The molecule has 2 heterocycles. The lowest BCUT2D eigenvalue weighted by Gasteiger charge is -2.35. The van der Waals surface area contributed by atoms with Crippen molar-refractivity contribution in [3.8, 4) is 0 Å². The predicted molar refractivity (Wildman–Crippen MR) is 98.6 cm³/mol. The summed E-state index contributed by atoms with van der Waals surface area (Å²) in [7, 11) is 0. The van der Waals surface area contributed by atoms with Crippen molar-refractivity contribution < 1.29 is 0 Å². The zero-order valence-electron chi connectivity index (χ0n) is 13.7. The highest BCUT2D eigenvalue weighted by Crippen LogP contribution is 2.28. The van der Waals surface area contributed by atoms with Crippen LogP contribution in [0.25, 0.3) is 11.0 Å². The summed E-state index contributed by atoms with van der Waals surface area (Å²) in [5.41, 5.74) is 4.00. The van der Waals surface area contributed by atoms with Crippen molar-refractivity contribution in [2.45, 2.75) is 52.6 Å². The molecule has 124 valence electrons. The minimum absolute atomic E-state index is 0. The molecular formula is C17H27Cl2N3. The monoisotopic (exact) mass is 343 g/mol. The number of hydrogen-bond acceptors (Lipinski definition) is 2. The number of halogens is 2. The number of imidazole rings is 1. The second-order valence-corrected chi connectivity index (χ2v) is 5.95. The van der Waals surface area contributed by atoms with Gasteiger partial charge in [0.25, 0.3) is 0 Å². The summed E-state index contributed by atoms with van der Waals surface area (Å²) in [4.78, 5) is 7.38. The molecule has 3 rings (SSSR count). The zero-order valence-corrected chi connectivity index (χ0v) is 15.3. The molecule has 0 saturated heterocycles. The van der Waals surface area contributed by atoms with E-state index in [0.29, 0.717) is 6.04 Å². The van der Waals surface area contributed by atoms with Gasteiger partial charge in [-0.2, -0.15) is 0 Å². The molecule has 0 radical (unpaired) electrons. The molecule has 1 aromatic carbocycles. The van der Waals surface area contributed by atoms with Crippen molar-refractivity contribution in [3.63, 3.8) is 0 Å². The molecule has 0 saturated carbocycles. The fourth-order valence-electron chi connectivity index (χ4n) is 3.59. The minimum Gasteiger partial charge on any atom is -0.326 e. The van der Waals surface area contributed by atoms with Crippen LogP contribution in [0.3, 0.4) is 0 Å². The van der Waals surface area contributed by atoms with Crippen LogP contribution in [0.5, 0.6) is 0 Å². The van der Waals surface area contributed by atoms with Crippen molar-refractivity contribution in [3.05, 3.63) is 29.6 Å². The van der Waals surface area contributed by atoms with E-state index in [1.54, 1.807) is 0 Å². The van der Waals surface area contributed by atoms with Gasteiger partial charge in [-0.1, -0.05) is 26.0 Å². The largest absolute Gasteiger partial charge is 0.326 e. The fourth-order valence-corrected chi connectivity index (χ4v) is 3.59. The van der Waals surface area contributed by atoms with E-state index in [4.69, 9.17) is 4.98 Å². The lowest BCUT2D eigenvalue weighted by molar-refractivity contribution is 0.173. The Balaban J connectivity index is 0.00000121. The molecule has 0 N–H and O–H groups in total. The van der Waals surface area contributed by atoms with Crippen LogP contribution in [0.4, 0.5) is 0 Å². The van der Waals surface area contributed by atoms with Crippen LogP contribution in [0, 0.1) is 6.92 Å². The first kappa shape index (κ1) is 19.3. The molecule has 0 spiro atoms. The molecule has 0 aliphatic carbocycles. The van der Waals surface area contributed by atoms with E-state index in [2.05, 4.69) is 48.4 Å². The van der Waals surface area contributed by atoms with Crippen molar-refractivity contribution >= 4 is 35.8 Å². The van der Waals surface area contributed by atoms with E-state index in [-0.39, 0.29) is 24.8 Å². The lowest BCUT2D eigenvalue weighted by Crippen LogP contribution is -2.42. The third-order valence-electron chi connectivity index (χ3n) is 4.43. The number of rotatable bonds is 5. The van der Waals surface area contributed by atoms with Crippen LogP contribution in [0.1, 0.15) is 38.1 Å². The molecule has 1 aliphatic rings. The van der Waals surface area contributed by atoms with Crippen molar-refractivity contribution in [2.24, 2.45) is 0 Å². The van der Waals surface area contributed by atoms with Gasteiger partial charge in [-0.05, 0) is 50.9 Å². The first-order valence-electron chi connectivity index (χ1n) is 7.93. The summed E-state index contributed by atoms with van der Waals surface area (Å²) in [6.07, 6.45) is 3.63. The summed E-state index contributed by atoms with van der Waals surface area (Å²) in [6, 6.07) is 7.20. The molecule has 3 nitrogen and oxygen atoms in total. The highest BCUT2D eigenvalue weighted by atomic mass is 35.5. The Morgan fingerprint density at radius 2 is 1.86 bits per heavy atom. The van der Waals surface area contributed by atoms with Crippen LogP contribution >= 0.6 is 24.8 Å². The third-order valence-corrected chi connectivity index (χ3v) is 4.43. The van der Waals surface area contributed by atoms with Gasteiger partial charge in [0.15, 0.2) is 0 Å². The van der Waals surface area contributed by atoms with E-state index in [1.165, 1.54) is 43.4 Å². The van der Waals surface area contributed by atoms with Gasteiger partial charge in [-0.25, -0.2) is 4.98 Å². The molecule has 0 fully saturated rings. The van der Waals surface area contributed by atoms with Gasteiger partial charge in [-0.15, -0.1) is 24.8 Å². The Morgan fingerprint density at radius 3 is 2.50 bits per heavy atom. The topological polar surface area (TPSA) is 21.1 Å². The van der Waals surface area contributed by atoms with E-state index in [9.17, 15) is 0 Å². The molecule has 1 unspecified atom stereocenters. The van der Waals surface area contributed by atoms with Crippen molar-refractivity contribution in [1.29, 1.82) is 0 Å². The highest BCUT2D eigenvalue weighted by molar-refractivity contribution is 5.85. The van der Waals surface area contributed by atoms with E-state index >= 15 is 0 Å². The van der Waals surface area contributed by atoms with Crippen LogP contribution in [-0.4, -0.2) is 33.6 Å². The summed E-state index contributed by atoms with van der Waals surface area (Å²) >= 11 is 0. The molecule has 1 aliphatic heterocycles. The van der Waals surface area contributed by atoms with Crippen LogP contribution in [0.15, 0.2) is 18.2 Å². The summed E-state index contributed by atoms with van der Waals surface area (Å²) in [5, 5.41) is 0. The molecular weight excluding hydrogens is 317 g/mol. The number of para-hydroxylation sites is 1. The second kappa shape index (κ2) is 8.19. The van der Waals surface area contributed by atoms with Gasteiger partial charge in [0.1, 0.15) is 5.82 Å². The highest BCUT2D eigenvalue weighted by Gasteiger charge is 2.26. The Bertz CT molecular complexity index is 603. The van der Waals surface area contributed by atoms with Crippen molar-refractivity contribution in [2.75, 3.05) is 13.1 Å². The summed E-state index contributed by atoms with van der Waals surface area (Å²) in [5.74, 6) is 1.16. The SMILES string of the molecule is CCCN(CCC)C1Cc2cccc3nc(C)n(c23)C1.Cl.Cl. The van der Waals surface area contributed by atoms with Gasteiger partial charge < -0.3 is 4.57 Å². The number of aromatic nitrogens is 2. The van der Waals surface area contributed by atoms with Gasteiger partial charge in [0.05, 0.1) is 11.0 Å². The Morgan fingerprint density at radius 1 is 1.18 bits per heavy atom. The standard InChI is InChI=1S/C17H25N3.2ClH/c1-4-9-19(10-5-2)15-11-14-7-6-8-16-17(14)20(12-15)13(3)18-16;;/h6-8,15H,4-5,9-12H2,1-3H3;2*1H. The number of nitrogens with zero attached hydrogens (tertiary/aromatic N) is 3. The lowest BCUT2D eigenvalue weighted by atomic mass is 9.99. The Labute approximate surface area is 145 Å². The Kier molecular flexibility index (Phi) is 7.17. The molecule has 5 heteroatoms. The van der Waals surface area contributed by atoms with Crippen LogP contribution < -0.4 is 0 Å². The second-order valence-electron chi connectivity index (χ2n) is 5.95. The maximum Gasteiger partial charge on any atom is 0.106 e. The first-order chi connectivity index (χ1) is 9.74. The molecule has 2 aromatic rings. The smallest absolute Gasteiger partial charge is 0.106 e. The molecule has 1 aromatic heterocycles. The minimum atomic E-state index is 0. The van der Waals surface area contributed by atoms with Crippen LogP contribution in [0.2, 0.25) is 0 Å². The zero-order chi connectivity index (χ0) is 14.1. The number of benzene rings is 1. The quantitative estimate of drug-likeness (QED) is 0.809. The predicted octanol–water partition coefficient (Wildman–Crippen LogP) is 4.24. The molecule has 22 heavy (non-hydrogen) atoms. The average molecular weight is 344 g/mol. The first-order valence-corrected chi connectivity index (χ1v) is 7.93. The number of hydrogen-bond donors (Lipinski definition) is 0. The van der Waals surface area contributed by atoms with Gasteiger partial charge in [-0.3, -0.25) is 4.90 Å². The van der Waals surface area contributed by atoms with E-state index < -0.39 is 0 Å². The van der Waals surface area contributed by atoms with E-state index in [0.717, 1.165) is 17.9 Å². The number of aryl methyl sites for hydroxylation is 1. The normalized spacial score (nSPS) is 16.5. The van der Waals surface area contributed by atoms with Gasteiger partial charge >= 0.3 is 0 Å². The van der Waals surface area contributed by atoms with E-state index in [1.807, 2.05) is 0 Å². The average Bonchev–Trinajstić information content (AvgIpc) is 2.77. The maximum atomic E-state index is 4.71. The molecule has 0 bridgehead atoms. The van der Waals surface area contributed by atoms with Crippen LogP contribution in [-0.2, 0) is 13.0 Å². The maximum absolute atomic E-state index is 4.71.